The minimum absolute atomic E-state index is 0.123. The molecule has 1 aliphatic rings. The van der Waals surface area contributed by atoms with Crippen LogP contribution in [0.2, 0.25) is 0 Å². The molecule has 0 radical (unpaired) electrons. The molecule has 0 atom stereocenters. The van der Waals surface area contributed by atoms with Gasteiger partial charge >= 0.3 is 0 Å². The Labute approximate surface area is 173 Å². The third-order valence-corrected chi connectivity index (χ3v) is 5.26. The number of para-hydroxylation sites is 1. The fourth-order valence-electron chi connectivity index (χ4n) is 3.66. The number of nitrogens with one attached hydrogen (secondary N) is 1. The lowest BCUT2D eigenvalue weighted by Crippen LogP contribution is -2.43. The van der Waals surface area contributed by atoms with Crippen LogP contribution in [0.1, 0.15) is 35.6 Å². The van der Waals surface area contributed by atoms with Crippen molar-refractivity contribution in [3.63, 3.8) is 0 Å². The molecule has 0 aliphatic carbocycles. The first-order valence-electron chi connectivity index (χ1n) is 9.74. The Hall–Kier alpha value is -3.74. The Kier molecular flexibility index (Phi) is 4.95. The van der Waals surface area contributed by atoms with Crippen LogP contribution < -0.4 is 5.56 Å². The molecule has 2 aromatic carbocycles. The maximum absolute atomic E-state index is 13.1. The second-order valence-electron chi connectivity index (χ2n) is 7.53. The highest BCUT2D eigenvalue weighted by molar-refractivity contribution is 6.10. The molecule has 2 amide bonds. The van der Waals surface area contributed by atoms with Crippen molar-refractivity contribution in [1.82, 2.24) is 19.8 Å². The summed E-state index contributed by atoms with van der Waals surface area (Å²) >= 11 is 0. The standard InChI is InChI=1S/C23H22N4O3/c1-14(2)26(12-20-24-19-11-7-6-10-18(19)22(29)25-20)21(28)13-27-15(3)16-8-4-5-9-17(16)23(27)30/h4-11,14H,3,12-13H2,1-2H3,(H,24,25,29). The van der Waals surface area contributed by atoms with Gasteiger partial charge in [0.1, 0.15) is 12.4 Å². The lowest BCUT2D eigenvalue weighted by Gasteiger charge is -2.28. The molecule has 7 heteroatoms. The van der Waals surface area contributed by atoms with Gasteiger partial charge in [-0.05, 0) is 32.0 Å². The fourth-order valence-corrected chi connectivity index (χ4v) is 3.66. The summed E-state index contributed by atoms with van der Waals surface area (Å²) in [5.41, 5.74) is 2.14. The van der Waals surface area contributed by atoms with E-state index in [0.29, 0.717) is 28.0 Å². The maximum Gasteiger partial charge on any atom is 0.259 e. The third-order valence-electron chi connectivity index (χ3n) is 5.26. The number of fused-ring (bicyclic) bond motifs is 2. The molecule has 0 saturated heterocycles. The van der Waals surface area contributed by atoms with Crippen LogP contribution in [-0.2, 0) is 11.3 Å². The van der Waals surface area contributed by atoms with Crippen molar-refractivity contribution in [2.45, 2.75) is 26.4 Å². The molecule has 30 heavy (non-hydrogen) atoms. The summed E-state index contributed by atoms with van der Waals surface area (Å²) in [6.45, 7) is 7.77. The molecule has 3 aromatic rings. The maximum atomic E-state index is 13.1. The van der Waals surface area contributed by atoms with Gasteiger partial charge in [0.05, 0.1) is 17.4 Å². The van der Waals surface area contributed by atoms with Crippen molar-refractivity contribution in [3.8, 4) is 0 Å². The van der Waals surface area contributed by atoms with E-state index in [4.69, 9.17) is 0 Å². The number of amides is 2. The molecular formula is C23H22N4O3. The highest BCUT2D eigenvalue weighted by Gasteiger charge is 2.33. The molecule has 4 rings (SSSR count). The van der Waals surface area contributed by atoms with E-state index in [1.165, 1.54) is 4.90 Å². The normalized spacial score (nSPS) is 13.2. The molecule has 0 unspecified atom stereocenters. The van der Waals surface area contributed by atoms with Crippen molar-refractivity contribution < 1.29 is 9.59 Å². The first kappa shape index (κ1) is 19.6. The van der Waals surface area contributed by atoms with Gasteiger partial charge in [0, 0.05) is 22.9 Å². The van der Waals surface area contributed by atoms with E-state index in [-0.39, 0.29) is 36.5 Å². The molecule has 152 valence electrons. The van der Waals surface area contributed by atoms with E-state index in [0.717, 1.165) is 5.56 Å². The van der Waals surface area contributed by atoms with Crippen molar-refractivity contribution in [2.75, 3.05) is 6.54 Å². The lowest BCUT2D eigenvalue weighted by molar-refractivity contribution is -0.133. The number of benzene rings is 2. The predicted octanol–water partition coefficient (Wildman–Crippen LogP) is 2.79. The second-order valence-corrected chi connectivity index (χ2v) is 7.53. The van der Waals surface area contributed by atoms with Gasteiger partial charge in [0.15, 0.2) is 0 Å². The number of carbonyl (C=O) groups excluding carboxylic acids is 2. The summed E-state index contributed by atoms with van der Waals surface area (Å²) in [6.07, 6.45) is 0. The predicted molar refractivity (Wildman–Crippen MR) is 115 cm³/mol. The summed E-state index contributed by atoms with van der Waals surface area (Å²) in [5, 5.41) is 0.500. The van der Waals surface area contributed by atoms with Crippen LogP contribution in [0.5, 0.6) is 0 Å². The molecular weight excluding hydrogens is 380 g/mol. The van der Waals surface area contributed by atoms with Gasteiger partial charge in [-0.2, -0.15) is 0 Å². The number of carbonyl (C=O) groups is 2. The van der Waals surface area contributed by atoms with E-state index in [9.17, 15) is 14.4 Å². The topological polar surface area (TPSA) is 86.4 Å². The number of aromatic amines is 1. The van der Waals surface area contributed by atoms with Gasteiger partial charge in [-0.1, -0.05) is 36.9 Å². The molecule has 0 bridgehead atoms. The highest BCUT2D eigenvalue weighted by Crippen LogP contribution is 2.31. The fraction of sp³-hybridized carbons (Fsp3) is 0.217. The number of hydrogen-bond acceptors (Lipinski definition) is 4. The monoisotopic (exact) mass is 402 g/mol. The SMILES string of the molecule is C=C1c2ccccc2C(=O)N1CC(=O)N(Cc1nc2ccccc2c(=O)[nH]1)C(C)C. The van der Waals surface area contributed by atoms with Gasteiger partial charge in [0.25, 0.3) is 11.5 Å². The average Bonchev–Trinajstić information content (AvgIpc) is 2.97. The molecule has 7 nitrogen and oxygen atoms in total. The Morgan fingerprint density at radius 3 is 2.47 bits per heavy atom. The number of H-pyrrole nitrogens is 1. The largest absolute Gasteiger partial charge is 0.331 e. The molecule has 1 aromatic heterocycles. The van der Waals surface area contributed by atoms with E-state index in [1.54, 1.807) is 35.2 Å². The van der Waals surface area contributed by atoms with E-state index in [1.807, 2.05) is 32.0 Å². The van der Waals surface area contributed by atoms with Crippen LogP contribution in [0.4, 0.5) is 0 Å². The zero-order chi connectivity index (χ0) is 21.4. The van der Waals surface area contributed by atoms with Crippen LogP contribution in [0.25, 0.3) is 16.6 Å². The smallest absolute Gasteiger partial charge is 0.259 e. The average molecular weight is 402 g/mol. The van der Waals surface area contributed by atoms with E-state index < -0.39 is 0 Å². The van der Waals surface area contributed by atoms with Gasteiger partial charge in [-0.3, -0.25) is 19.3 Å². The molecule has 0 spiro atoms. The number of aromatic nitrogens is 2. The number of nitrogens with zero attached hydrogens (tertiary/aromatic N) is 3. The zero-order valence-corrected chi connectivity index (χ0v) is 16.9. The van der Waals surface area contributed by atoms with Crippen molar-refractivity contribution in [1.29, 1.82) is 0 Å². The molecule has 2 heterocycles. The van der Waals surface area contributed by atoms with Crippen molar-refractivity contribution >= 4 is 28.4 Å². The molecule has 1 N–H and O–H groups in total. The summed E-state index contributed by atoms with van der Waals surface area (Å²) in [7, 11) is 0. The van der Waals surface area contributed by atoms with Gasteiger partial charge in [0.2, 0.25) is 5.91 Å². The Balaban J connectivity index is 1.57. The van der Waals surface area contributed by atoms with Crippen LogP contribution in [0.15, 0.2) is 59.9 Å². The van der Waals surface area contributed by atoms with Crippen LogP contribution >= 0.6 is 0 Å². The van der Waals surface area contributed by atoms with Crippen LogP contribution in [-0.4, -0.2) is 44.2 Å². The Morgan fingerprint density at radius 2 is 1.77 bits per heavy atom. The first-order valence-corrected chi connectivity index (χ1v) is 9.74. The van der Waals surface area contributed by atoms with Gasteiger partial charge < -0.3 is 9.88 Å². The van der Waals surface area contributed by atoms with Crippen LogP contribution in [0, 0.1) is 0 Å². The summed E-state index contributed by atoms with van der Waals surface area (Å²) < 4.78 is 0. The van der Waals surface area contributed by atoms with Gasteiger partial charge in [-0.25, -0.2) is 4.98 Å². The van der Waals surface area contributed by atoms with Crippen molar-refractivity contribution in [3.05, 3.63) is 82.4 Å². The minimum Gasteiger partial charge on any atom is -0.331 e. The summed E-state index contributed by atoms with van der Waals surface area (Å²) in [5.74, 6) is -0.0800. The first-order chi connectivity index (χ1) is 14.4. The molecule has 1 aliphatic heterocycles. The second kappa shape index (κ2) is 7.59. The Morgan fingerprint density at radius 1 is 1.10 bits per heavy atom. The van der Waals surface area contributed by atoms with Crippen LogP contribution in [0.3, 0.4) is 0 Å². The molecule has 0 fully saturated rings. The van der Waals surface area contributed by atoms with Gasteiger partial charge in [-0.15, -0.1) is 0 Å². The molecule has 0 saturated carbocycles. The van der Waals surface area contributed by atoms with Crippen molar-refractivity contribution in [2.24, 2.45) is 0 Å². The number of rotatable bonds is 5. The number of hydrogen-bond donors (Lipinski definition) is 1. The minimum atomic E-state index is -0.247. The summed E-state index contributed by atoms with van der Waals surface area (Å²) in [4.78, 5) is 48.4. The lowest BCUT2D eigenvalue weighted by atomic mass is 10.1. The third kappa shape index (κ3) is 3.39. The Bertz CT molecular complexity index is 1190. The van der Waals surface area contributed by atoms with E-state index in [2.05, 4.69) is 16.5 Å². The summed E-state index contributed by atoms with van der Waals surface area (Å²) in [6, 6.07) is 14.1. The zero-order valence-electron chi connectivity index (χ0n) is 16.9. The quantitative estimate of drug-likeness (QED) is 0.711. The highest BCUT2D eigenvalue weighted by atomic mass is 16.2. The van der Waals surface area contributed by atoms with E-state index >= 15 is 0 Å².